The Morgan fingerprint density at radius 1 is 1.29 bits per heavy atom. The van der Waals surface area contributed by atoms with Crippen LogP contribution in [0.2, 0.25) is 0 Å². The first-order valence-electron chi connectivity index (χ1n) is 8.61. The van der Waals surface area contributed by atoms with E-state index in [1.54, 1.807) is 0 Å². The Kier molecular flexibility index (Phi) is 5.30. The lowest BCUT2D eigenvalue weighted by molar-refractivity contribution is 0.0586. The van der Waals surface area contributed by atoms with Gasteiger partial charge in [-0.1, -0.05) is 30.3 Å². The summed E-state index contributed by atoms with van der Waals surface area (Å²) in [6.07, 6.45) is 5.68. The lowest BCUT2D eigenvalue weighted by atomic mass is 9.98. The van der Waals surface area contributed by atoms with Crippen LogP contribution in [0, 0.1) is 0 Å². The molecule has 0 unspecified atom stereocenters. The molecule has 1 aliphatic rings. The average Bonchev–Trinajstić information content (AvgIpc) is 3.10. The third-order valence-corrected chi connectivity index (χ3v) is 4.60. The van der Waals surface area contributed by atoms with Crippen LogP contribution in [-0.2, 0) is 0 Å². The molecule has 1 aromatic heterocycles. The van der Waals surface area contributed by atoms with E-state index in [1.165, 1.54) is 12.8 Å². The van der Waals surface area contributed by atoms with Gasteiger partial charge in [0.2, 0.25) is 0 Å². The van der Waals surface area contributed by atoms with Crippen molar-refractivity contribution in [3.05, 3.63) is 42.4 Å². The van der Waals surface area contributed by atoms with Gasteiger partial charge in [-0.15, -0.1) is 0 Å². The van der Waals surface area contributed by atoms with Crippen molar-refractivity contribution in [2.45, 2.75) is 31.7 Å². The summed E-state index contributed by atoms with van der Waals surface area (Å²) in [5, 5.41) is 0. The number of hydrogen-bond donors (Lipinski definition) is 0. The van der Waals surface area contributed by atoms with E-state index in [-0.39, 0.29) is 11.9 Å². The molecule has 1 saturated heterocycles. The number of piperidine rings is 1. The van der Waals surface area contributed by atoms with Crippen molar-refractivity contribution in [1.82, 2.24) is 14.8 Å². The minimum absolute atomic E-state index is 0.00828. The summed E-state index contributed by atoms with van der Waals surface area (Å²) in [7, 11) is 4.14. The molecule has 24 heavy (non-hydrogen) atoms. The minimum Gasteiger partial charge on any atom is -0.443 e. The van der Waals surface area contributed by atoms with E-state index in [9.17, 15) is 4.79 Å². The molecule has 3 rings (SSSR count). The Balaban J connectivity index is 1.81. The second kappa shape index (κ2) is 7.62. The van der Waals surface area contributed by atoms with Crippen LogP contribution in [0.5, 0.6) is 0 Å². The number of carbonyl (C=O) groups is 1. The number of nitrogens with zero attached hydrogens (tertiary/aromatic N) is 3. The molecule has 5 nitrogen and oxygen atoms in total. The summed E-state index contributed by atoms with van der Waals surface area (Å²) in [6, 6.07) is 9.99. The summed E-state index contributed by atoms with van der Waals surface area (Å²) >= 11 is 0. The van der Waals surface area contributed by atoms with Gasteiger partial charge in [-0.2, -0.15) is 0 Å². The van der Waals surface area contributed by atoms with Crippen molar-refractivity contribution in [2.24, 2.45) is 0 Å². The fourth-order valence-corrected chi connectivity index (χ4v) is 3.30. The number of rotatable bonds is 5. The maximum absolute atomic E-state index is 13.1. The number of carbonyl (C=O) groups excluding carboxylic acids is 1. The van der Waals surface area contributed by atoms with Gasteiger partial charge in [0.1, 0.15) is 0 Å². The highest BCUT2D eigenvalue weighted by Gasteiger charge is 2.30. The van der Waals surface area contributed by atoms with Crippen LogP contribution < -0.4 is 0 Å². The molecule has 1 atom stereocenters. The maximum atomic E-state index is 13.1. The number of benzene rings is 1. The summed E-state index contributed by atoms with van der Waals surface area (Å²) in [5.41, 5.74) is 1.32. The fourth-order valence-electron chi connectivity index (χ4n) is 3.30. The SMILES string of the molecule is CN(C)CC[C@H]1CCCCN1C(=O)c1ncoc1-c1ccccc1. The maximum Gasteiger partial charge on any atom is 0.276 e. The molecule has 0 bridgehead atoms. The first kappa shape index (κ1) is 16.7. The zero-order valence-corrected chi connectivity index (χ0v) is 14.4. The molecule has 5 heteroatoms. The molecule has 1 fully saturated rings. The van der Waals surface area contributed by atoms with Crippen molar-refractivity contribution >= 4 is 5.91 Å². The molecule has 0 radical (unpaired) electrons. The Bertz CT molecular complexity index is 666. The molecular formula is C19H25N3O2. The summed E-state index contributed by atoms with van der Waals surface area (Å²) < 4.78 is 5.53. The molecule has 1 aromatic carbocycles. The Hall–Kier alpha value is -2.14. The van der Waals surface area contributed by atoms with Crippen molar-refractivity contribution in [2.75, 3.05) is 27.2 Å². The van der Waals surface area contributed by atoms with E-state index in [2.05, 4.69) is 24.0 Å². The van der Waals surface area contributed by atoms with Crippen LogP contribution in [0.25, 0.3) is 11.3 Å². The van der Waals surface area contributed by atoms with E-state index < -0.39 is 0 Å². The number of hydrogen-bond acceptors (Lipinski definition) is 4. The van der Waals surface area contributed by atoms with Gasteiger partial charge in [0, 0.05) is 18.2 Å². The van der Waals surface area contributed by atoms with Gasteiger partial charge >= 0.3 is 0 Å². The Morgan fingerprint density at radius 2 is 2.08 bits per heavy atom. The summed E-state index contributed by atoms with van der Waals surface area (Å²) in [6.45, 7) is 1.79. The second-order valence-corrected chi connectivity index (χ2v) is 6.64. The van der Waals surface area contributed by atoms with Gasteiger partial charge in [0.05, 0.1) is 0 Å². The van der Waals surface area contributed by atoms with Gasteiger partial charge in [0.15, 0.2) is 17.8 Å². The topological polar surface area (TPSA) is 49.6 Å². The molecule has 128 valence electrons. The van der Waals surface area contributed by atoms with Crippen LogP contribution >= 0.6 is 0 Å². The predicted octanol–water partition coefficient (Wildman–Crippen LogP) is 3.29. The average molecular weight is 327 g/mol. The van der Waals surface area contributed by atoms with Gasteiger partial charge in [0.25, 0.3) is 5.91 Å². The van der Waals surface area contributed by atoms with Crippen LogP contribution in [0.15, 0.2) is 41.1 Å². The lowest BCUT2D eigenvalue weighted by Gasteiger charge is -2.36. The van der Waals surface area contributed by atoms with Crippen molar-refractivity contribution in [3.63, 3.8) is 0 Å². The van der Waals surface area contributed by atoms with Crippen LogP contribution in [0.4, 0.5) is 0 Å². The van der Waals surface area contributed by atoms with E-state index >= 15 is 0 Å². The second-order valence-electron chi connectivity index (χ2n) is 6.64. The van der Waals surface area contributed by atoms with E-state index in [0.717, 1.165) is 37.9 Å². The van der Waals surface area contributed by atoms with E-state index in [1.807, 2.05) is 35.2 Å². The van der Waals surface area contributed by atoms with E-state index in [0.29, 0.717) is 11.5 Å². The van der Waals surface area contributed by atoms with Crippen LogP contribution in [0.1, 0.15) is 36.2 Å². The number of aromatic nitrogens is 1. The smallest absolute Gasteiger partial charge is 0.276 e. The zero-order valence-electron chi connectivity index (χ0n) is 14.4. The van der Waals surface area contributed by atoms with Gasteiger partial charge in [-0.3, -0.25) is 4.79 Å². The quantitative estimate of drug-likeness (QED) is 0.845. The number of amides is 1. The molecule has 0 saturated carbocycles. The lowest BCUT2D eigenvalue weighted by Crippen LogP contribution is -2.45. The highest BCUT2D eigenvalue weighted by molar-refractivity contribution is 5.97. The standard InChI is InChI=1S/C19H25N3O2/c1-21(2)13-11-16-10-6-7-12-22(16)19(23)17-18(24-14-20-17)15-8-4-3-5-9-15/h3-5,8-9,14,16H,6-7,10-13H2,1-2H3/t16-/m1/s1. The summed E-state index contributed by atoms with van der Waals surface area (Å²) in [5.74, 6) is 0.559. The summed E-state index contributed by atoms with van der Waals surface area (Å²) in [4.78, 5) is 21.5. The molecule has 1 amide bonds. The van der Waals surface area contributed by atoms with Crippen molar-refractivity contribution in [1.29, 1.82) is 0 Å². The monoisotopic (exact) mass is 327 g/mol. The Morgan fingerprint density at radius 3 is 2.83 bits per heavy atom. The molecule has 0 N–H and O–H groups in total. The fraction of sp³-hybridized carbons (Fsp3) is 0.474. The molecule has 2 heterocycles. The molecule has 1 aliphatic heterocycles. The molecule has 2 aromatic rings. The number of oxazole rings is 1. The first-order chi connectivity index (χ1) is 11.7. The van der Waals surface area contributed by atoms with Crippen LogP contribution in [0.3, 0.4) is 0 Å². The first-order valence-corrected chi connectivity index (χ1v) is 8.61. The van der Waals surface area contributed by atoms with Gasteiger partial charge in [-0.25, -0.2) is 4.98 Å². The van der Waals surface area contributed by atoms with Crippen molar-refractivity contribution < 1.29 is 9.21 Å². The molecular weight excluding hydrogens is 302 g/mol. The largest absolute Gasteiger partial charge is 0.443 e. The number of likely N-dealkylation sites (tertiary alicyclic amines) is 1. The van der Waals surface area contributed by atoms with Gasteiger partial charge < -0.3 is 14.2 Å². The molecule has 0 aliphatic carbocycles. The molecule has 0 spiro atoms. The third kappa shape index (κ3) is 3.67. The normalized spacial score (nSPS) is 18.1. The highest BCUT2D eigenvalue weighted by atomic mass is 16.3. The highest BCUT2D eigenvalue weighted by Crippen LogP contribution is 2.27. The van der Waals surface area contributed by atoms with E-state index in [4.69, 9.17) is 4.42 Å². The Labute approximate surface area is 143 Å². The van der Waals surface area contributed by atoms with Crippen LogP contribution in [-0.4, -0.2) is 53.9 Å². The van der Waals surface area contributed by atoms with Gasteiger partial charge in [-0.05, 0) is 46.3 Å². The zero-order chi connectivity index (χ0) is 16.9. The predicted molar refractivity (Wildman–Crippen MR) is 93.8 cm³/mol. The third-order valence-electron chi connectivity index (χ3n) is 4.60. The van der Waals surface area contributed by atoms with Crippen molar-refractivity contribution in [3.8, 4) is 11.3 Å². The minimum atomic E-state index is -0.00828.